The first-order valence-corrected chi connectivity index (χ1v) is 6.82. The average molecular weight is 263 g/mol. The zero-order valence-electron chi connectivity index (χ0n) is 12.4. The second kappa shape index (κ2) is 7.92. The molecule has 0 aliphatic carbocycles. The highest BCUT2D eigenvalue weighted by molar-refractivity contribution is 5.92. The summed E-state index contributed by atoms with van der Waals surface area (Å²) in [7, 11) is 1.95. The highest BCUT2D eigenvalue weighted by Crippen LogP contribution is 2.10. The molecule has 0 heterocycles. The van der Waals surface area contributed by atoms with E-state index >= 15 is 0 Å². The molecule has 0 fully saturated rings. The SMILES string of the molecule is CCNCc1cccc(NC(=O)CN(C)C(C)C)c1. The van der Waals surface area contributed by atoms with Gasteiger partial charge in [-0.05, 0) is 45.1 Å². The molecule has 1 rings (SSSR count). The molecule has 4 heteroatoms. The fraction of sp³-hybridized carbons (Fsp3) is 0.533. The minimum Gasteiger partial charge on any atom is -0.325 e. The van der Waals surface area contributed by atoms with Gasteiger partial charge in [0.05, 0.1) is 6.54 Å². The molecule has 0 bridgehead atoms. The largest absolute Gasteiger partial charge is 0.325 e. The van der Waals surface area contributed by atoms with Gasteiger partial charge in [-0.25, -0.2) is 0 Å². The van der Waals surface area contributed by atoms with Crippen molar-refractivity contribution in [3.05, 3.63) is 29.8 Å². The Morgan fingerprint density at radius 3 is 2.74 bits per heavy atom. The van der Waals surface area contributed by atoms with Crippen LogP contribution in [0.2, 0.25) is 0 Å². The Balaban J connectivity index is 2.54. The van der Waals surface area contributed by atoms with E-state index < -0.39 is 0 Å². The number of hydrogen-bond acceptors (Lipinski definition) is 3. The normalized spacial score (nSPS) is 11.1. The number of hydrogen-bond donors (Lipinski definition) is 2. The number of nitrogens with one attached hydrogen (secondary N) is 2. The molecule has 0 radical (unpaired) electrons. The summed E-state index contributed by atoms with van der Waals surface area (Å²) in [6.45, 7) is 8.40. The molecular weight excluding hydrogens is 238 g/mol. The predicted octanol–water partition coefficient (Wildman–Crippen LogP) is 2.07. The zero-order chi connectivity index (χ0) is 14.3. The molecule has 0 aromatic heterocycles. The maximum atomic E-state index is 11.9. The summed E-state index contributed by atoms with van der Waals surface area (Å²) in [6.07, 6.45) is 0. The second-order valence-corrected chi connectivity index (χ2v) is 5.04. The maximum absolute atomic E-state index is 11.9. The Bertz CT molecular complexity index is 404. The van der Waals surface area contributed by atoms with Gasteiger partial charge in [0.2, 0.25) is 5.91 Å². The van der Waals surface area contributed by atoms with Crippen molar-refractivity contribution in [1.82, 2.24) is 10.2 Å². The second-order valence-electron chi connectivity index (χ2n) is 5.04. The van der Waals surface area contributed by atoms with Crippen LogP contribution in [-0.4, -0.2) is 37.0 Å². The average Bonchev–Trinajstić information content (AvgIpc) is 2.36. The number of likely N-dealkylation sites (N-methyl/N-ethyl adjacent to an activating group) is 1. The van der Waals surface area contributed by atoms with Gasteiger partial charge >= 0.3 is 0 Å². The van der Waals surface area contributed by atoms with Gasteiger partial charge in [0.1, 0.15) is 0 Å². The van der Waals surface area contributed by atoms with E-state index in [2.05, 4.69) is 37.5 Å². The molecule has 0 saturated heterocycles. The van der Waals surface area contributed by atoms with Gasteiger partial charge in [-0.2, -0.15) is 0 Å². The smallest absolute Gasteiger partial charge is 0.238 e. The number of amides is 1. The van der Waals surface area contributed by atoms with Crippen LogP contribution in [-0.2, 0) is 11.3 Å². The lowest BCUT2D eigenvalue weighted by Crippen LogP contribution is -2.34. The number of benzene rings is 1. The Hall–Kier alpha value is -1.39. The molecule has 19 heavy (non-hydrogen) atoms. The van der Waals surface area contributed by atoms with Crippen LogP contribution in [0.25, 0.3) is 0 Å². The highest BCUT2D eigenvalue weighted by atomic mass is 16.2. The van der Waals surface area contributed by atoms with Gasteiger partial charge < -0.3 is 10.6 Å². The van der Waals surface area contributed by atoms with Crippen molar-refractivity contribution >= 4 is 11.6 Å². The number of carbonyl (C=O) groups excluding carboxylic acids is 1. The van der Waals surface area contributed by atoms with Gasteiger partial charge in [0.25, 0.3) is 0 Å². The molecule has 0 aliphatic rings. The Morgan fingerprint density at radius 1 is 1.37 bits per heavy atom. The van der Waals surface area contributed by atoms with Gasteiger partial charge in [-0.1, -0.05) is 19.1 Å². The Kier molecular flexibility index (Phi) is 6.53. The van der Waals surface area contributed by atoms with Crippen molar-refractivity contribution < 1.29 is 4.79 Å². The molecule has 4 nitrogen and oxygen atoms in total. The van der Waals surface area contributed by atoms with Crippen LogP contribution in [0.5, 0.6) is 0 Å². The highest BCUT2D eigenvalue weighted by Gasteiger charge is 2.09. The number of rotatable bonds is 7. The van der Waals surface area contributed by atoms with Crippen LogP contribution in [0.1, 0.15) is 26.3 Å². The molecule has 2 N–H and O–H groups in total. The Morgan fingerprint density at radius 2 is 2.11 bits per heavy atom. The third-order valence-corrected chi connectivity index (χ3v) is 3.06. The van der Waals surface area contributed by atoms with E-state index in [0.717, 1.165) is 18.8 Å². The van der Waals surface area contributed by atoms with Crippen molar-refractivity contribution in [3.63, 3.8) is 0 Å². The molecule has 1 aromatic carbocycles. The maximum Gasteiger partial charge on any atom is 0.238 e. The topological polar surface area (TPSA) is 44.4 Å². The van der Waals surface area contributed by atoms with Crippen LogP contribution in [0.4, 0.5) is 5.69 Å². The van der Waals surface area contributed by atoms with Crippen molar-refractivity contribution in [2.75, 3.05) is 25.5 Å². The molecule has 1 aromatic rings. The fourth-order valence-electron chi connectivity index (χ4n) is 1.64. The van der Waals surface area contributed by atoms with Crippen LogP contribution in [0.3, 0.4) is 0 Å². The lowest BCUT2D eigenvalue weighted by atomic mass is 10.2. The first kappa shape index (κ1) is 15.7. The fourth-order valence-corrected chi connectivity index (χ4v) is 1.64. The van der Waals surface area contributed by atoms with Gasteiger partial charge in [0, 0.05) is 18.3 Å². The van der Waals surface area contributed by atoms with E-state index in [9.17, 15) is 4.79 Å². The monoisotopic (exact) mass is 263 g/mol. The lowest BCUT2D eigenvalue weighted by Gasteiger charge is -2.20. The predicted molar refractivity (Wildman–Crippen MR) is 80.2 cm³/mol. The first-order chi connectivity index (χ1) is 9.02. The van der Waals surface area contributed by atoms with Crippen LogP contribution in [0.15, 0.2) is 24.3 Å². The zero-order valence-corrected chi connectivity index (χ0v) is 12.4. The van der Waals surface area contributed by atoms with E-state index in [-0.39, 0.29) is 5.91 Å². The minimum atomic E-state index is 0.0248. The molecule has 0 atom stereocenters. The summed E-state index contributed by atoms with van der Waals surface area (Å²) in [6, 6.07) is 8.32. The standard InChI is InChI=1S/C15H25N3O/c1-5-16-10-13-7-6-8-14(9-13)17-15(19)11-18(4)12(2)3/h6-9,12,16H,5,10-11H2,1-4H3,(H,17,19). The third-order valence-electron chi connectivity index (χ3n) is 3.06. The van der Waals surface area contributed by atoms with Crippen molar-refractivity contribution in [3.8, 4) is 0 Å². The minimum absolute atomic E-state index is 0.0248. The summed E-state index contributed by atoms with van der Waals surface area (Å²) in [5.41, 5.74) is 2.04. The van der Waals surface area contributed by atoms with E-state index in [1.54, 1.807) is 0 Å². The van der Waals surface area contributed by atoms with Gasteiger partial charge in [-0.15, -0.1) is 0 Å². The van der Waals surface area contributed by atoms with Crippen molar-refractivity contribution in [2.24, 2.45) is 0 Å². The van der Waals surface area contributed by atoms with Crippen LogP contribution in [0, 0.1) is 0 Å². The first-order valence-electron chi connectivity index (χ1n) is 6.82. The molecule has 0 spiro atoms. The lowest BCUT2D eigenvalue weighted by molar-refractivity contribution is -0.117. The van der Waals surface area contributed by atoms with Crippen molar-refractivity contribution in [1.29, 1.82) is 0 Å². The summed E-state index contributed by atoms with van der Waals surface area (Å²) in [5.74, 6) is 0.0248. The molecule has 1 amide bonds. The van der Waals surface area contributed by atoms with E-state index in [1.807, 2.05) is 30.1 Å². The number of carbonyl (C=O) groups is 1. The number of nitrogens with zero attached hydrogens (tertiary/aromatic N) is 1. The van der Waals surface area contributed by atoms with E-state index in [4.69, 9.17) is 0 Å². The summed E-state index contributed by atoms with van der Waals surface area (Å²) in [4.78, 5) is 13.9. The molecule has 0 aliphatic heterocycles. The summed E-state index contributed by atoms with van der Waals surface area (Å²) in [5, 5.41) is 6.21. The summed E-state index contributed by atoms with van der Waals surface area (Å²) < 4.78 is 0. The Labute approximate surface area is 116 Å². The molecule has 0 unspecified atom stereocenters. The number of anilines is 1. The molecule has 106 valence electrons. The molecular formula is C15H25N3O. The van der Waals surface area contributed by atoms with Crippen LogP contribution < -0.4 is 10.6 Å². The third kappa shape index (κ3) is 5.85. The van der Waals surface area contributed by atoms with Gasteiger partial charge in [-0.3, -0.25) is 9.69 Å². The quantitative estimate of drug-likeness (QED) is 0.791. The van der Waals surface area contributed by atoms with Crippen LogP contribution >= 0.6 is 0 Å². The van der Waals surface area contributed by atoms with E-state index in [1.165, 1.54) is 5.56 Å². The summed E-state index contributed by atoms with van der Waals surface area (Å²) >= 11 is 0. The van der Waals surface area contributed by atoms with E-state index in [0.29, 0.717) is 12.6 Å². The van der Waals surface area contributed by atoms with Crippen molar-refractivity contribution in [2.45, 2.75) is 33.4 Å². The molecule has 0 saturated carbocycles. The van der Waals surface area contributed by atoms with Gasteiger partial charge in [0.15, 0.2) is 0 Å².